The largest absolute Gasteiger partial charge is 0.304 e. The van der Waals surface area contributed by atoms with Crippen molar-refractivity contribution in [2.24, 2.45) is 5.41 Å². The Bertz CT molecular complexity index is 194. The standard InChI is InChI=1S/C14H30N2S/c1-4-6-14(13-17,7-5-2)12-16-10-8-15(3)9-11-16/h17H,4-13H2,1-3H3. The van der Waals surface area contributed by atoms with Gasteiger partial charge >= 0.3 is 0 Å². The summed E-state index contributed by atoms with van der Waals surface area (Å²) in [6, 6.07) is 0. The van der Waals surface area contributed by atoms with Crippen molar-refractivity contribution >= 4 is 12.6 Å². The Balaban J connectivity index is 2.52. The zero-order valence-electron chi connectivity index (χ0n) is 11.9. The molecule has 1 rings (SSSR count). The van der Waals surface area contributed by atoms with E-state index < -0.39 is 0 Å². The minimum atomic E-state index is 0.461. The van der Waals surface area contributed by atoms with Gasteiger partial charge in [0, 0.05) is 32.7 Å². The third-order valence-electron chi connectivity index (χ3n) is 4.05. The van der Waals surface area contributed by atoms with Gasteiger partial charge in [-0.25, -0.2) is 0 Å². The van der Waals surface area contributed by atoms with Crippen molar-refractivity contribution < 1.29 is 0 Å². The van der Waals surface area contributed by atoms with E-state index in [0.717, 1.165) is 5.75 Å². The molecule has 0 aromatic heterocycles. The van der Waals surface area contributed by atoms with E-state index in [4.69, 9.17) is 0 Å². The van der Waals surface area contributed by atoms with Gasteiger partial charge in [0.15, 0.2) is 0 Å². The molecule has 0 saturated carbocycles. The average Bonchev–Trinajstić information content (AvgIpc) is 2.33. The molecule has 0 N–H and O–H groups in total. The molecule has 0 atom stereocenters. The molecule has 0 unspecified atom stereocenters. The fourth-order valence-electron chi connectivity index (χ4n) is 3.03. The lowest BCUT2D eigenvalue weighted by atomic mass is 9.80. The first kappa shape index (κ1) is 15.3. The van der Waals surface area contributed by atoms with E-state index in [9.17, 15) is 0 Å². The van der Waals surface area contributed by atoms with Crippen molar-refractivity contribution in [1.29, 1.82) is 0 Å². The van der Waals surface area contributed by atoms with Crippen molar-refractivity contribution in [2.45, 2.75) is 39.5 Å². The molecule has 1 aliphatic rings. The van der Waals surface area contributed by atoms with E-state index in [-0.39, 0.29) is 0 Å². The maximum Gasteiger partial charge on any atom is 0.0110 e. The lowest BCUT2D eigenvalue weighted by Crippen LogP contribution is -2.49. The van der Waals surface area contributed by atoms with Crippen LogP contribution in [0.3, 0.4) is 0 Å². The van der Waals surface area contributed by atoms with Crippen LogP contribution in [0.15, 0.2) is 0 Å². The quantitative estimate of drug-likeness (QED) is 0.702. The Morgan fingerprint density at radius 2 is 1.53 bits per heavy atom. The highest BCUT2D eigenvalue weighted by atomic mass is 32.1. The van der Waals surface area contributed by atoms with Crippen molar-refractivity contribution in [3.63, 3.8) is 0 Å². The van der Waals surface area contributed by atoms with E-state index in [2.05, 4.69) is 43.3 Å². The molecule has 1 aliphatic heterocycles. The van der Waals surface area contributed by atoms with Crippen LogP contribution < -0.4 is 0 Å². The van der Waals surface area contributed by atoms with E-state index >= 15 is 0 Å². The summed E-state index contributed by atoms with van der Waals surface area (Å²) in [6.45, 7) is 10.8. The molecule has 0 spiro atoms. The number of thiol groups is 1. The highest BCUT2D eigenvalue weighted by Crippen LogP contribution is 2.32. The summed E-state index contributed by atoms with van der Waals surface area (Å²) in [5.41, 5.74) is 0.461. The molecule has 1 saturated heterocycles. The van der Waals surface area contributed by atoms with Crippen LogP contribution in [-0.4, -0.2) is 55.3 Å². The number of rotatable bonds is 7. The minimum Gasteiger partial charge on any atom is -0.304 e. The summed E-state index contributed by atoms with van der Waals surface area (Å²) >= 11 is 4.65. The molecule has 1 fully saturated rings. The smallest absolute Gasteiger partial charge is 0.0110 e. The molecule has 0 radical (unpaired) electrons. The van der Waals surface area contributed by atoms with Crippen molar-refractivity contribution in [1.82, 2.24) is 9.80 Å². The van der Waals surface area contributed by atoms with Crippen molar-refractivity contribution in [3.05, 3.63) is 0 Å². The molecule has 0 amide bonds. The molecular formula is C14H30N2S. The second kappa shape index (κ2) is 7.65. The first-order chi connectivity index (χ1) is 8.15. The van der Waals surface area contributed by atoms with E-state index in [0.29, 0.717) is 5.41 Å². The Labute approximate surface area is 113 Å². The third kappa shape index (κ3) is 4.80. The summed E-state index contributed by atoms with van der Waals surface area (Å²) in [7, 11) is 2.22. The zero-order valence-corrected chi connectivity index (χ0v) is 12.8. The topological polar surface area (TPSA) is 6.48 Å². The lowest BCUT2D eigenvalue weighted by molar-refractivity contribution is 0.0952. The van der Waals surface area contributed by atoms with Gasteiger partial charge in [-0.2, -0.15) is 12.6 Å². The first-order valence-electron chi connectivity index (χ1n) is 7.17. The molecule has 1 heterocycles. The highest BCUT2D eigenvalue weighted by Gasteiger charge is 2.30. The Hall–Kier alpha value is 0.270. The Kier molecular flexibility index (Phi) is 6.90. The molecule has 0 aromatic rings. The molecule has 2 nitrogen and oxygen atoms in total. The van der Waals surface area contributed by atoms with E-state index in [1.54, 1.807) is 0 Å². The second-order valence-electron chi connectivity index (χ2n) is 5.74. The van der Waals surface area contributed by atoms with Gasteiger partial charge in [0.25, 0.3) is 0 Å². The van der Waals surface area contributed by atoms with Gasteiger partial charge in [-0.15, -0.1) is 0 Å². The number of likely N-dealkylation sites (N-methyl/N-ethyl adjacent to an activating group) is 1. The summed E-state index contributed by atoms with van der Waals surface area (Å²) in [5, 5.41) is 0. The van der Waals surface area contributed by atoms with Gasteiger partial charge in [-0.3, -0.25) is 0 Å². The van der Waals surface area contributed by atoms with Crippen LogP contribution in [-0.2, 0) is 0 Å². The van der Waals surface area contributed by atoms with Crippen molar-refractivity contribution in [3.8, 4) is 0 Å². The molecular weight excluding hydrogens is 228 g/mol. The van der Waals surface area contributed by atoms with E-state index in [1.807, 2.05) is 0 Å². The maximum absolute atomic E-state index is 4.65. The summed E-state index contributed by atoms with van der Waals surface area (Å²) in [6.07, 6.45) is 5.23. The Morgan fingerprint density at radius 3 is 1.94 bits per heavy atom. The maximum atomic E-state index is 4.65. The van der Waals surface area contributed by atoms with Crippen LogP contribution >= 0.6 is 12.6 Å². The lowest BCUT2D eigenvalue weighted by Gasteiger charge is -2.41. The normalized spacial score (nSPS) is 19.8. The fourth-order valence-corrected chi connectivity index (χ4v) is 3.45. The van der Waals surface area contributed by atoms with Gasteiger partial charge in [0.1, 0.15) is 0 Å². The third-order valence-corrected chi connectivity index (χ3v) is 4.72. The number of nitrogens with zero attached hydrogens (tertiary/aromatic N) is 2. The SMILES string of the molecule is CCCC(CS)(CCC)CN1CCN(C)CC1. The Morgan fingerprint density at radius 1 is 1.00 bits per heavy atom. The van der Waals surface area contributed by atoms with Gasteiger partial charge in [-0.05, 0) is 31.1 Å². The summed E-state index contributed by atoms with van der Waals surface area (Å²) in [4.78, 5) is 5.08. The van der Waals surface area contributed by atoms with Gasteiger partial charge in [0.2, 0.25) is 0 Å². The second-order valence-corrected chi connectivity index (χ2v) is 6.05. The van der Waals surface area contributed by atoms with Crippen LogP contribution in [0.2, 0.25) is 0 Å². The van der Waals surface area contributed by atoms with Gasteiger partial charge in [-0.1, -0.05) is 26.7 Å². The number of hydrogen-bond donors (Lipinski definition) is 1. The van der Waals surface area contributed by atoms with Gasteiger partial charge in [0.05, 0.1) is 0 Å². The number of piperazine rings is 1. The summed E-state index contributed by atoms with van der Waals surface area (Å²) < 4.78 is 0. The molecule has 102 valence electrons. The molecule has 0 aliphatic carbocycles. The molecule has 3 heteroatoms. The minimum absolute atomic E-state index is 0.461. The monoisotopic (exact) mass is 258 g/mol. The van der Waals surface area contributed by atoms with Crippen LogP contribution in [0.1, 0.15) is 39.5 Å². The van der Waals surface area contributed by atoms with Crippen LogP contribution in [0.5, 0.6) is 0 Å². The number of hydrogen-bond acceptors (Lipinski definition) is 3. The first-order valence-corrected chi connectivity index (χ1v) is 7.81. The average molecular weight is 258 g/mol. The predicted molar refractivity (Wildman–Crippen MR) is 80.0 cm³/mol. The van der Waals surface area contributed by atoms with Crippen molar-refractivity contribution in [2.75, 3.05) is 45.5 Å². The summed E-state index contributed by atoms with van der Waals surface area (Å²) in [5.74, 6) is 1.04. The highest BCUT2D eigenvalue weighted by molar-refractivity contribution is 7.80. The van der Waals surface area contributed by atoms with E-state index in [1.165, 1.54) is 58.4 Å². The van der Waals surface area contributed by atoms with Crippen LogP contribution in [0, 0.1) is 5.41 Å². The van der Waals surface area contributed by atoms with Crippen LogP contribution in [0.25, 0.3) is 0 Å². The fraction of sp³-hybridized carbons (Fsp3) is 1.00. The molecule has 0 bridgehead atoms. The zero-order chi connectivity index (χ0) is 12.7. The molecule has 17 heavy (non-hydrogen) atoms. The van der Waals surface area contributed by atoms with Gasteiger partial charge < -0.3 is 9.80 Å². The predicted octanol–water partition coefficient (Wildman–Crippen LogP) is 2.75. The molecule has 0 aromatic carbocycles. The van der Waals surface area contributed by atoms with Crippen LogP contribution in [0.4, 0.5) is 0 Å².